The molecule has 0 saturated heterocycles. The molecule has 2 amide bonds. The number of halogens is 2. The quantitative estimate of drug-likeness (QED) is 0.778. The van der Waals surface area contributed by atoms with Crippen molar-refractivity contribution in [3.8, 4) is 5.75 Å². The molecule has 5 nitrogen and oxygen atoms in total. The Kier molecular flexibility index (Phi) is 7.30. The van der Waals surface area contributed by atoms with Gasteiger partial charge in [0.15, 0.2) is 0 Å². The third kappa shape index (κ3) is 5.38. The minimum atomic E-state index is -0.263. The van der Waals surface area contributed by atoms with Crippen molar-refractivity contribution in [3.63, 3.8) is 0 Å². The number of methoxy groups -OCH3 is 1. The third-order valence-corrected chi connectivity index (χ3v) is 4.54. The maximum atomic E-state index is 12.2. The summed E-state index contributed by atoms with van der Waals surface area (Å²) in [6, 6.07) is 12.4. The van der Waals surface area contributed by atoms with E-state index in [-0.39, 0.29) is 18.4 Å². The molecule has 0 aliphatic carbocycles. The highest BCUT2D eigenvalue weighted by molar-refractivity contribution is 6.42. The molecule has 0 aliphatic rings. The minimum Gasteiger partial charge on any atom is -0.496 e. The third-order valence-electron chi connectivity index (χ3n) is 3.81. The summed E-state index contributed by atoms with van der Waals surface area (Å²) < 4.78 is 5.29. The summed E-state index contributed by atoms with van der Waals surface area (Å²) in [6.45, 7) is 1.73. The summed E-state index contributed by atoms with van der Waals surface area (Å²) in [5, 5.41) is 3.53. The van der Waals surface area contributed by atoms with Gasteiger partial charge in [-0.1, -0.05) is 41.4 Å². The molecule has 0 heterocycles. The number of para-hydroxylation sites is 1. The largest absolute Gasteiger partial charge is 0.496 e. The van der Waals surface area contributed by atoms with E-state index in [0.29, 0.717) is 28.7 Å². The second-order valence-electron chi connectivity index (χ2n) is 5.62. The van der Waals surface area contributed by atoms with Crippen LogP contribution in [0.15, 0.2) is 42.5 Å². The van der Waals surface area contributed by atoms with Gasteiger partial charge in [-0.15, -0.1) is 0 Å². The number of ether oxygens (including phenoxy) is 1. The zero-order valence-electron chi connectivity index (χ0n) is 14.6. The van der Waals surface area contributed by atoms with Crippen LogP contribution in [0.4, 0.5) is 5.69 Å². The zero-order valence-corrected chi connectivity index (χ0v) is 16.1. The van der Waals surface area contributed by atoms with Gasteiger partial charge in [0, 0.05) is 19.2 Å². The molecule has 0 spiro atoms. The van der Waals surface area contributed by atoms with Gasteiger partial charge in [0.1, 0.15) is 12.3 Å². The van der Waals surface area contributed by atoms with Gasteiger partial charge < -0.3 is 15.0 Å². The lowest BCUT2D eigenvalue weighted by atomic mass is 10.1. The van der Waals surface area contributed by atoms with Gasteiger partial charge in [0.25, 0.3) is 0 Å². The molecule has 0 unspecified atom stereocenters. The maximum absolute atomic E-state index is 12.2. The van der Waals surface area contributed by atoms with Crippen LogP contribution >= 0.6 is 23.2 Å². The fourth-order valence-corrected chi connectivity index (χ4v) is 2.78. The SMILES string of the molecule is COc1ccccc1CCNC(=O)CN(C(C)=O)c1ccc(Cl)c(Cl)c1. The summed E-state index contributed by atoms with van der Waals surface area (Å²) in [7, 11) is 1.61. The summed E-state index contributed by atoms with van der Waals surface area (Å²) in [5.41, 5.74) is 1.52. The topological polar surface area (TPSA) is 58.6 Å². The van der Waals surface area contributed by atoms with Gasteiger partial charge in [-0.3, -0.25) is 9.59 Å². The first-order valence-corrected chi connectivity index (χ1v) is 8.79. The smallest absolute Gasteiger partial charge is 0.240 e. The van der Waals surface area contributed by atoms with Gasteiger partial charge in [-0.05, 0) is 36.2 Å². The van der Waals surface area contributed by atoms with E-state index in [0.717, 1.165) is 11.3 Å². The van der Waals surface area contributed by atoms with E-state index in [4.69, 9.17) is 27.9 Å². The highest BCUT2D eigenvalue weighted by Crippen LogP contribution is 2.27. The average Bonchev–Trinajstić information content (AvgIpc) is 2.62. The van der Waals surface area contributed by atoms with Crippen LogP contribution in [0.1, 0.15) is 12.5 Å². The summed E-state index contributed by atoms with van der Waals surface area (Å²) in [4.78, 5) is 25.5. The van der Waals surface area contributed by atoms with Gasteiger partial charge in [0.05, 0.1) is 17.2 Å². The first-order valence-electron chi connectivity index (χ1n) is 8.04. The molecule has 0 atom stereocenters. The first kappa shape index (κ1) is 20.1. The van der Waals surface area contributed by atoms with E-state index in [1.54, 1.807) is 25.3 Å². The van der Waals surface area contributed by atoms with Crippen LogP contribution in [-0.2, 0) is 16.0 Å². The number of nitrogens with zero attached hydrogens (tertiary/aromatic N) is 1. The van der Waals surface area contributed by atoms with Gasteiger partial charge in [0.2, 0.25) is 11.8 Å². The molecule has 2 rings (SSSR count). The molecule has 0 bridgehead atoms. The standard InChI is InChI=1S/C19H20Cl2N2O3/c1-13(24)23(15-7-8-16(20)17(21)11-15)12-19(25)22-10-9-14-5-3-4-6-18(14)26-2/h3-8,11H,9-10,12H2,1-2H3,(H,22,25). The number of carbonyl (C=O) groups excluding carboxylic acids is 2. The van der Waals surface area contributed by atoms with Gasteiger partial charge in [-0.25, -0.2) is 0 Å². The monoisotopic (exact) mass is 394 g/mol. The van der Waals surface area contributed by atoms with Crippen LogP contribution < -0.4 is 15.0 Å². The molecule has 1 N–H and O–H groups in total. The highest BCUT2D eigenvalue weighted by atomic mass is 35.5. The van der Waals surface area contributed by atoms with Crippen molar-refractivity contribution in [2.24, 2.45) is 0 Å². The highest BCUT2D eigenvalue weighted by Gasteiger charge is 2.16. The first-order chi connectivity index (χ1) is 12.4. The molecule has 26 heavy (non-hydrogen) atoms. The van der Waals surface area contributed by atoms with E-state index < -0.39 is 0 Å². The molecule has 0 aromatic heterocycles. The summed E-state index contributed by atoms with van der Waals surface area (Å²) in [5.74, 6) is 0.257. The molecular formula is C19H20Cl2N2O3. The maximum Gasteiger partial charge on any atom is 0.240 e. The number of benzene rings is 2. The molecule has 0 radical (unpaired) electrons. The Labute approximate surface area is 162 Å². The average molecular weight is 395 g/mol. The number of rotatable bonds is 7. The molecule has 0 aliphatic heterocycles. The fourth-order valence-electron chi connectivity index (χ4n) is 2.48. The Bertz CT molecular complexity index is 796. The molecule has 7 heteroatoms. The second-order valence-corrected chi connectivity index (χ2v) is 6.43. The predicted octanol–water partition coefficient (Wildman–Crippen LogP) is 3.71. The second kappa shape index (κ2) is 9.46. The number of hydrogen-bond donors (Lipinski definition) is 1. The van der Waals surface area contributed by atoms with E-state index >= 15 is 0 Å². The normalized spacial score (nSPS) is 10.3. The van der Waals surface area contributed by atoms with E-state index in [1.807, 2.05) is 24.3 Å². The summed E-state index contributed by atoms with van der Waals surface area (Å²) >= 11 is 11.9. The number of amides is 2. The lowest BCUT2D eigenvalue weighted by Crippen LogP contribution is -2.40. The van der Waals surface area contributed by atoms with Crippen LogP contribution in [0, 0.1) is 0 Å². The Balaban J connectivity index is 1.95. The van der Waals surface area contributed by atoms with Crippen LogP contribution in [-0.4, -0.2) is 32.0 Å². The molecule has 138 valence electrons. The molecule has 0 fully saturated rings. The molecule has 0 saturated carbocycles. The van der Waals surface area contributed by atoms with Crippen LogP contribution in [0.5, 0.6) is 5.75 Å². The zero-order chi connectivity index (χ0) is 19.1. The Morgan fingerprint density at radius 1 is 1.12 bits per heavy atom. The van der Waals surface area contributed by atoms with Crippen molar-refractivity contribution in [2.45, 2.75) is 13.3 Å². The van der Waals surface area contributed by atoms with Gasteiger partial charge >= 0.3 is 0 Å². The molecule has 2 aromatic rings. The van der Waals surface area contributed by atoms with Crippen molar-refractivity contribution in [2.75, 3.05) is 25.1 Å². The number of nitrogens with one attached hydrogen (secondary N) is 1. The Morgan fingerprint density at radius 3 is 2.50 bits per heavy atom. The van der Waals surface area contributed by atoms with Gasteiger partial charge in [-0.2, -0.15) is 0 Å². The predicted molar refractivity (Wildman–Crippen MR) is 104 cm³/mol. The number of anilines is 1. The molecule has 2 aromatic carbocycles. The van der Waals surface area contributed by atoms with Crippen LogP contribution in [0.2, 0.25) is 10.0 Å². The lowest BCUT2D eigenvalue weighted by molar-refractivity contribution is -0.123. The van der Waals surface area contributed by atoms with Crippen LogP contribution in [0.25, 0.3) is 0 Å². The Hall–Kier alpha value is -2.24. The lowest BCUT2D eigenvalue weighted by Gasteiger charge is -2.21. The van der Waals surface area contributed by atoms with Crippen molar-refractivity contribution in [1.82, 2.24) is 5.32 Å². The van der Waals surface area contributed by atoms with E-state index in [9.17, 15) is 9.59 Å². The van der Waals surface area contributed by atoms with Crippen molar-refractivity contribution >= 4 is 40.7 Å². The minimum absolute atomic E-state index is 0.0980. The van der Waals surface area contributed by atoms with E-state index in [2.05, 4.69) is 5.32 Å². The fraction of sp³-hybridized carbons (Fsp3) is 0.263. The number of carbonyl (C=O) groups is 2. The van der Waals surface area contributed by atoms with E-state index in [1.165, 1.54) is 11.8 Å². The van der Waals surface area contributed by atoms with Crippen molar-refractivity contribution in [3.05, 3.63) is 58.1 Å². The molecular weight excluding hydrogens is 375 g/mol. The summed E-state index contributed by atoms with van der Waals surface area (Å²) in [6.07, 6.45) is 0.628. The Morgan fingerprint density at radius 2 is 1.85 bits per heavy atom. The number of hydrogen-bond acceptors (Lipinski definition) is 3. The van der Waals surface area contributed by atoms with Crippen LogP contribution in [0.3, 0.4) is 0 Å². The van der Waals surface area contributed by atoms with Crippen molar-refractivity contribution in [1.29, 1.82) is 0 Å². The van der Waals surface area contributed by atoms with Crippen molar-refractivity contribution < 1.29 is 14.3 Å².